The maximum absolute atomic E-state index is 9.10. The number of rotatable bonds is 2. The molecule has 0 unspecified atom stereocenters. The maximum Gasteiger partial charge on any atom is 0.164 e. The Bertz CT molecular complexity index is 298. The zero-order chi connectivity index (χ0) is 10.8. The van der Waals surface area contributed by atoms with E-state index in [-0.39, 0.29) is 0 Å². The van der Waals surface area contributed by atoms with Crippen LogP contribution in [0.15, 0.2) is 29.4 Å². The number of nitrogens with zero attached hydrogens (tertiary/aromatic N) is 1. The molecule has 1 aromatic carbocycles. The summed E-state index contributed by atoms with van der Waals surface area (Å²) in [6, 6.07) is 8.22. The minimum atomic E-state index is 0.389. The van der Waals surface area contributed by atoms with E-state index in [1.165, 1.54) is 11.3 Å². The van der Waals surface area contributed by atoms with E-state index in [9.17, 15) is 0 Å². The number of anilines is 1. The lowest BCUT2D eigenvalue weighted by atomic mass is 10.2. The van der Waals surface area contributed by atoms with Crippen molar-refractivity contribution in [3.63, 3.8) is 0 Å². The number of aryl methyl sites for hydroxylation is 1. The van der Waals surface area contributed by atoms with Gasteiger partial charge in [0.25, 0.3) is 0 Å². The largest absolute Gasteiger partial charge is 0.411 e. The van der Waals surface area contributed by atoms with Crippen LogP contribution in [0.1, 0.15) is 5.56 Å². The summed E-state index contributed by atoms with van der Waals surface area (Å²) in [6.07, 6.45) is 1.14. The molecule has 0 bridgehead atoms. The van der Waals surface area contributed by atoms with Crippen molar-refractivity contribution >= 4 is 18.2 Å². The van der Waals surface area contributed by atoms with Gasteiger partial charge in [-0.25, -0.2) is 0 Å². The smallest absolute Gasteiger partial charge is 0.164 e. The van der Waals surface area contributed by atoms with Gasteiger partial charge in [-0.1, -0.05) is 23.4 Å². The van der Waals surface area contributed by atoms with Crippen molar-refractivity contribution in [2.24, 2.45) is 5.16 Å². The second-order valence-corrected chi connectivity index (χ2v) is 2.47. The molecule has 0 amide bonds. The average Bonchev–Trinajstić information content (AvgIpc) is 2.21. The first-order chi connectivity index (χ1) is 6.76. The van der Waals surface area contributed by atoms with Gasteiger partial charge in [0, 0.05) is 12.7 Å². The number of para-hydroxylation sites is 1. The summed E-state index contributed by atoms with van der Waals surface area (Å²) in [5.74, 6) is 0. The van der Waals surface area contributed by atoms with Gasteiger partial charge in [0.15, 0.2) is 6.29 Å². The minimum absolute atomic E-state index is 0.389. The van der Waals surface area contributed by atoms with E-state index in [0.29, 0.717) is 6.29 Å². The van der Waals surface area contributed by atoms with Crippen LogP contribution in [-0.4, -0.2) is 24.8 Å². The van der Waals surface area contributed by atoms with Gasteiger partial charge in [0.1, 0.15) is 6.21 Å². The van der Waals surface area contributed by atoms with E-state index in [2.05, 4.69) is 29.5 Å². The molecular formula is C10H14N2O2. The summed E-state index contributed by atoms with van der Waals surface area (Å²) in [7, 11) is 1.93. The fraction of sp³-hybridized carbons (Fsp3) is 0.200. The molecule has 4 heteroatoms. The molecule has 1 aromatic rings. The van der Waals surface area contributed by atoms with E-state index in [1.54, 1.807) is 0 Å². The van der Waals surface area contributed by atoms with E-state index in [0.717, 1.165) is 6.21 Å². The molecule has 2 N–H and O–H groups in total. The number of oxime groups is 1. The van der Waals surface area contributed by atoms with E-state index in [1.807, 2.05) is 19.2 Å². The predicted molar refractivity (Wildman–Crippen MR) is 57.1 cm³/mol. The molecule has 0 saturated heterocycles. The van der Waals surface area contributed by atoms with Crippen molar-refractivity contribution < 1.29 is 10.0 Å². The molecule has 0 spiro atoms. The molecule has 4 nitrogen and oxygen atoms in total. The zero-order valence-corrected chi connectivity index (χ0v) is 8.27. The molecule has 14 heavy (non-hydrogen) atoms. The second-order valence-electron chi connectivity index (χ2n) is 2.47. The minimum Gasteiger partial charge on any atom is -0.411 e. The Morgan fingerprint density at radius 3 is 2.36 bits per heavy atom. The van der Waals surface area contributed by atoms with Crippen LogP contribution in [0, 0.1) is 6.92 Å². The van der Waals surface area contributed by atoms with Crippen LogP contribution in [0.4, 0.5) is 5.69 Å². The Hall–Kier alpha value is -1.84. The number of carbonyl (C=O) groups is 1. The highest BCUT2D eigenvalue weighted by molar-refractivity contribution is 6.12. The number of hydrogen-bond acceptors (Lipinski definition) is 4. The molecule has 0 heterocycles. The highest BCUT2D eigenvalue weighted by Crippen LogP contribution is 2.10. The van der Waals surface area contributed by atoms with Gasteiger partial charge >= 0.3 is 0 Å². The summed E-state index contributed by atoms with van der Waals surface area (Å²) in [4.78, 5) is 9.10. The number of aldehydes is 1. The molecule has 0 aromatic heterocycles. The third-order valence-electron chi connectivity index (χ3n) is 1.54. The highest BCUT2D eigenvalue weighted by atomic mass is 16.4. The lowest BCUT2D eigenvalue weighted by Gasteiger charge is -2.01. The van der Waals surface area contributed by atoms with Crippen LogP contribution in [0.5, 0.6) is 0 Å². The van der Waals surface area contributed by atoms with Gasteiger partial charge in [-0.2, -0.15) is 0 Å². The van der Waals surface area contributed by atoms with Crippen LogP contribution in [0.25, 0.3) is 0 Å². The van der Waals surface area contributed by atoms with Crippen molar-refractivity contribution in [2.75, 3.05) is 12.4 Å². The van der Waals surface area contributed by atoms with Crippen molar-refractivity contribution in [2.45, 2.75) is 6.92 Å². The first kappa shape index (κ1) is 12.2. The SMILES string of the molecule is CNc1ccccc1C.O=C/C=N/O. The Kier molecular flexibility index (Phi) is 6.77. The number of carbonyl (C=O) groups excluding carboxylic acids is 1. The van der Waals surface area contributed by atoms with Gasteiger partial charge in [-0.15, -0.1) is 0 Å². The topological polar surface area (TPSA) is 61.7 Å². The van der Waals surface area contributed by atoms with Crippen LogP contribution in [0.3, 0.4) is 0 Å². The van der Waals surface area contributed by atoms with Crippen molar-refractivity contribution in [1.29, 1.82) is 0 Å². The summed E-state index contributed by atoms with van der Waals surface area (Å²) in [6.45, 7) is 2.09. The van der Waals surface area contributed by atoms with Crippen LogP contribution in [-0.2, 0) is 4.79 Å². The Morgan fingerprint density at radius 2 is 2.07 bits per heavy atom. The first-order valence-corrected chi connectivity index (χ1v) is 4.10. The Labute approximate surface area is 83.3 Å². The Balaban J connectivity index is 0.000000292. The molecule has 0 aliphatic rings. The second kappa shape index (κ2) is 7.79. The molecule has 0 aliphatic heterocycles. The van der Waals surface area contributed by atoms with E-state index >= 15 is 0 Å². The Morgan fingerprint density at radius 1 is 1.43 bits per heavy atom. The molecule has 0 atom stereocenters. The molecule has 0 radical (unpaired) electrons. The van der Waals surface area contributed by atoms with Gasteiger partial charge in [-0.3, -0.25) is 4.79 Å². The molecule has 76 valence electrons. The molecule has 0 saturated carbocycles. The summed E-state index contributed by atoms with van der Waals surface area (Å²) >= 11 is 0. The van der Waals surface area contributed by atoms with Gasteiger partial charge in [0.2, 0.25) is 0 Å². The molecule has 1 rings (SSSR count). The fourth-order valence-electron chi connectivity index (χ4n) is 0.881. The number of nitrogens with one attached hydrogen (secondary N) is 1. The summed E-state index contributed by atoms with van der Waals surface area (Å²) in [5, 5.41) is 12.9. The lowest BCUT2D eigenvalue weighted by Crippen LogP contribution is -1.89. The standard InChI is InChI=1S/C8H11N.C2H3NO2/c1-7-5-3-4-6-8(7)9-2;4-2-1-3-5/h3-6,9H,1-2H3;1-2,5H/b;3-1+. The average molecular weight is 194 g/mol. The quantitative estimate of drug-likeness (QED) is 0.326. The summed E-state index contributed by atoms with van der Waals surface area (Å²) in [5.41, 5.74) is 2.50. The third-order valence-corrected chi connectivity index (χ3v) is 1.54. The lowest BCUT2D eigenvalue weighted by molar-refractivity contribution is -0.102. The van der Waals surface area contributed by atoms with Crippen LogP contribution >= 0.6 is 0 Å². The molecular weight excluding hydrogens is 180 g/mol. The van der Waals surface area contributed by atoms with Crippen molar-refractivity contribution in [3.05, 3.63) is 29.8 Å². The number of hydrogen-bond donors (Lipinski definition) is 2. The molecule has 0 fully saturated rings. The monoisotopic (exact) mass is 194 g/mol. The first-order valence-electron chi connectivity index (χ1n) is 4.10. The number of benzene rings is 1. The van der Waals surface area contributed by atoms with Gasteiger partial charge in [0.05, 0.1) is 0 Å². The van der Waals surface area contributed by atoms with Crippen molar-refractivity contribution in [3.8, 4) is 0 Å². The molecule has 0 aliphatic carbocycles. The van der Waals surface area contributed by atoms with Gasteiger partial charge in [-0.05, 0) is 18.6 Å². The normalized spacial score (nSPS) is 9.00. The summed E-state index contributed by atoms with van der Waals surface area (Å²) < 4.78 is 0. The predicted octanol–water partition coefficient (Wildman–Crippen LogP) is 1.68. The zero-order valence-electron chi connectivity index (χ0n) is 8.27. The van der Waals surface area contributed by atoms with Gasteiger partial charge < -0.3 is 10.5 Å². The maximum atomic E-state index is 9.10. The van der Waals surface area contributed by atoms with Crippen LogP contribution < -0.4 is 5.32 Å². The third kappa shape index (κ3) is 4.92. The van der Waals surface area contributed by atoms with E-state index < -0.39 is 0 Å². The van der Waals surface area contributed by atoms with Crippen molar-refractivity contribution in [1.82, 2.24) is 0 Å². The fourth-order valence-corrected chi connectivity index (χ4v) is 0.881. The highest BCUT2D eigenvalue weighted by Gasteiger charge is 1.88. The van der Waals surface area contributed by atoms with Crippen LogP contribution in [0.2, 0.25) is 0 Å². The van der Waals surface area contributed by atoms with E-state index in [4.69, 9.17) is 10.0 Å².